The highest BCUT2D eigenvalue weighted by Crippen LogP contribution is 2.14. The van der Waals surface area contributed by atoms with Crippen LogP contribution >= 0.6 is 0 Å². The van der Waals surface area contributed by atoms with Crippen LogP contribution in [0.3, 0.4) is 0 Å². The Balaban J connectivity index is 1.30. The maximum Gasteiger partial charge on any atom is 0.224 e. The van der Waals surface area contributed by atoms with Crippen molar-refractivity contribution in [1.82, 2.24) is 24.7 Å². The number of nitrogens with zero attached hydrogens (tertiary/aromatic N) is 5. The molecule has 10 heteroatoms. The molecule has 1 aromatic carbocycles. The van der Waals surface area contributed by atoms with E-state index in [0.29, 0.717) is 36.7 Å². The SMILES string of the molecule is O=C(CCc1nnc2ccc(NCCCN3CCCC3=O)nn12)Nc1ccccc1F. The van der Waals surface area contributed by atoms with Gasteiger partial charge in [-0.15, -0.1) is 15.3 Å². The summed E-state index contributed by atoms with van der Waals surface area (Å²) in [5, 5.41) is 18.5. The van der Waals surface area contributed by atoms with Gasteiger partial charge in [-0.2, -0.15) is 4.52 Å². The molecule has 0 bridgehead atoms. The van der Waals surface area contributed by atoms with Gasteiger partial charge in [-0.3, -0.25) is 9.59 Å². The summed E-state index contributed by atoms with van der Waals surface area (Å²) in [6.07, 6.45) is 2.86. The highest BCUT2D eigenvalue weighted by molar-refractivity contribution is 5.90. The molecule has 0 unspecified atom stereocenters. The van der Waals surface area contributed by atoms with Gasteiger partial charge in [0, 0.05) is 38.9 Å². The standard InChI is InChI=1S/C21H24FN7O2/c22-15-5-1-2-6-16(15)24-20(30)11-10-19-26-25-18-9-8-17(27-29(18)19)23-12-4-14-28-13-3-7-21(28)31/h1-2,5-6,8-9H,3-4,7,10-14H2,(H,23,27)(H,24,30). The molecule has 3 heterocycles. The van der Waals surface area contributed by atoms with Crippen molar-refractivity contribution in [2.45, 2.75) is 32.1 Å². The first-order valence-electron chi connectivity index (χ1n) is 10.4. The molecule has 2 N–H and O–H groups in total. The zero-order valence-electron chi connectivity index (χ0n) is 17.1. The molecule has 9 nitrogen and oxygen atoms in total. The van der Waals surface area contributed by atoms with Crippen molar-refractivity contribution in [3.63, 3.8) is 0 Å². The van der Waals surface area contributed by atoms with E-state index in [9.17, 15) is 14.0 Å². The third-order valence-corrected chi connectivity index (χ3v) is 5.13. The van der Waals surface area contributed by atoms with E-state index >= 15 is 0 Å². The van der Waals surface area contributed by atoms with E-state index in [0.717, 1.165) is 25.9 Å². The van der Waals surface area contributed by atoms with Crippen molar-refractivity contribution in [2.24, 2.45) is 0 Å². The molecule has 0 atom stereocenters. The number of carbonyl (C=O) groups is 2. The number of para-hydroxylation sites is 1. The number of nitrogens with one attached hydrogen (secondary N) is 2. The van der Waals surface area contributed by atoms with Crippen LogP contribution < -0.4 is 10.6 Å². The van der Waals surface area contributed by atoms with Gasteiger partial charge in [0.1, 0.15) is 11.6 Å². The number of anilines is 2. The predicted octanol–water partition coefficient (Wildman–Crippen LogP) is 2.26. The highest BCUT2D eigenvalue weighted by Gasteiger charge is 2.19. The first-order valence-corrected chi connectivity index (χ1v) is 10.4. The topological polar surface area (TPSA) is 105 Å². The molecule has 31 heavy (non-hydrogen) atoms. The Hall–Kier alpha value is -3.56. The summed E-state index contributed by atoms with van der Waals surface area (Å²) in [4.78, 5) is 25.7. The number of fused-ring (bicyclic) bond motifs is 1. The van der Waals surface area contributed by atoms with Crippen molar-refractivity contribution in [3.8, 4) is 0 Å². The van der Waals surface area contributed by atoms with Crippen molar-refractivity contribution < 1.29 is 14.0 Å². The van der Waals surface area contributed by atoms with Crippen molar-refractivity contribution >= 4 is 29.0 Å². The van der Waals surface area contributed by atoms with Gasteiger partial charge in [-0.1, -0.05) is 12.1 Å². The van der Waals surface area contributed by atoms with Gasteiger partial charge >= 0.3 is 0 Å². The Bertz CT molecular complexity index is 1080. The minimum absolute atomic E-state index is 0.123. The average Bonchev–Trinajstić information content (AvgIpc) is 3.37. The summed E-state index contributed by atoms with van der Waals surface area (Å²) in [5.74, 6) is 0.651. The van der Waals surface area contributed by atoms with E-state index in [4.69, 9.17) is 0 Å². The number of rotatable bonds is 9. The summed E-state index contributed by atoms with van der Waals surface area (Å²) in [7, 11) is 0. The molecular formula is C21H24FN7O2. The van der Waals surface area contributed by atoms with Gasteiger partial charge in [0.25, 0.3) is 0 Å². The van der Waals surface area contributed by atoms with E-state index < -0.39 is 5.82 Å². The Morgan fingerprint density at radius 2 is 2.03 bits per heavy atom. The molecule has 4 rings (SSSR count). The minimum atomic E-state index is -0.477. The zero-order valence-corrected chi connectivity index (χ0v) is 17.1. The van der Waals surface area contributed by atoms with Gasteiger partial charge in [0.15, 0.2) is 11.5 Å². The Kier molecular flexibility index (Phi) is 6.34. The summed E-state index contributed by atoms with van der Waals surface area (Å²) in [5.41, 5.74) is 0.733. The van der Waals surface area contributed by atoms with Gasteiger partial charge in [-0.05, 0) is 37.1 Å². The fourth-order valence-electron chi connectivity index (χ4n) is 3.51. The van der Waals surface area contributed by atoms with E-state index in [2.05, 4.69) is 25.9 Å². The van der Waals surface area contributed by atoms with Gasteiger partial charge in [0.2, 0.25) is 11.8 Å². The normalized spacial score (nSPS) is 13.7. The van der Waals surface area contributed by atoms with Crippen molar-refractivity contribution in [3.05, 3.63) is 48.0 Å². The molecule has 1 saturated heterocycles. The second-order valence-electron chi connectivity index (χ2n) is 7.40. The number of hydrogen-bond acceptors (Lipinski definition) is 6. The second kappa shape index (κ2) is 9.50. The molecule has 1 fully saturated rings. The molecule has 0 radical (unpaired) electrons. The fraction of sp³-hybridized carbons (Fsp3) is 0.381. The van der Waals surface area contributed by atoms with E-state index in [1.807, 2.05) is 11.0 Å². The first-order chi connectivity index (χ1) is 15.1. The molecule has 0 aliphatic carbocycles. The molecular weight excluding hydrogens is 401 g/mol. The van der Waals surface area contributed by atoms with Crippen LogP contribution in [0.25, 0.3) is 5.65 Å². The maximum atomic E-state index is 13.7. The quantitative estimate of drug-likeness (QED) is 0.510. The molecule has 0 saturated carbocycles. The molecule has 162 valence electrons. The smallest absolute Gasteiger partial charge is 0.224 e. The molecule has 0 spiro atoms. The lowest BCUT2D eigenvalue weighted by molar-refractivity contribution is -0.127. The lowest BCUT2D eigenvalue weighted by Gasteiger charge is -2.15. The number of amides is 2. The van der Waals surface area contributed by atoms with Crippen LogP contribution in [0.15, 0.2) is 36.4 Å². The molecule has 1 aliphatic heterocycles. The van der Waals surface area contributed by atoms with Gasteiger partial charge < -0.3 is 15.5 Å². The highest BCUT2D eigenvalue weighted by atomic mass is 19.1. The number of benzene rings is 1. The second-order valence-corrected chi connectivity index (χ2v) is 7.40. The van der Waals surface area contributed by atoms with Crippen LogP contribution in [0.5, 0.6) is 0 Å². The number of halogens is 1. The number of aromatic nitrogens is 4. The van der Waals surface area contributed by atoms with E-state index in [1.54, 1.807) is 22.7 Å². The lowest BCUT2D eigenvalue weighted by atomic mass is 10.2. The third-order valence-electron chi connectivity index (χ3n) is 5.13. The Morgan fingerprint density at radius 3 is 2.84 bits per heavy atom. The molecule has 2 aromatic heterocycles. The Morgan fingerprint density at radius 1 is 1.16 bits per heavy atom. The van der Waals surface area contributed by atoms with Crippen LogP contribution in [0.1, 0.15) is 31.5 Å². The van der Waals surface area contributed by atoms with Crippen molar-refractivity contribution in [2.75, 3.05) is 30.3 Å². The number of hydrogen-bond donors (Lipinski definition) is 2. The van der Waals surface area contributed by atoms with Crippen LogP contribution in [-0.2, 0) is 16.0 Å². The van der Waals surface area contributed by atoms with Crippen LogP contribution in [-0.4, -0.2) is 56.2 Å². The number of carbonyl (C=O) groups excluding carboxylic acids is 2. The van der Waals surface area contributed by atoms with E-state index in [1.165, 1.54) is 12.1 Å². The zero-order chi connectivity index (χ0) is 21.6. The molecule has 3 aromatic rings. The average molecular weight is 425 g/mol. The summed E-state index contributed by atoms with van der Waals surface area (Å²) in [6, 6.07) is 9.65. The van der Waals surface area contributed by atoms with Gasteiger partial charge in [0.05, 0.1) is 5.69 Å². The van der Waals surface area contributed by atoms with Crippen LogP contribution in [0.4, 0.5) is 15.9 Å². The minimum Gasteiger partial charge on any atom is -0.369 e. The maximum absolute atomic E-state index is 13.7. The van der Waals surface area contributed by atoms with Crippen LogP contribution in [0, 0.1) is 5.82 Å². The van der Waals surface area contributed by atoms with Gasteiger partial charge in [-0.25, -0.2) is 4.39 Å². The predicted molar refractivity (Wildman–Crippen MR) is 113 cm³/mol. The molecule has 2 amide bonds. The first kappa shape index (κ1) is 20.7. The Labute approximate surface area is 178 Å². The third kappa shape index (κ3) is 5.14. The molecule has 1 aliphatic rings. The number of likely N-dealkylation sites (tertiary alicyclic amines) is 1. The van der Waals surface area contributed by atoms with E-state index in [-0.39, 0.29) is 23.9 Å². The number of aryl methyl sites for hydroxylation is 1. The summed E-state index contributed by atoms with van der Waals surface area (Å²) < 4.78 is 15.3. The summed E-state index contributed by atoms with van der Waals surface area (Å²) >= 11 is 0. The van der Waals surface area contributed by atoms with Crippen LogP contribution in [0.2, 0.25) is 0 Å². The fourth-order valence-corrected chi connectivity index (χ4v) is 3.51. The monoisotopic (exact) mass is 425 g/mol. The largest absolute Gasteiger partial charge is 0.369 e. The van der Waals surface area contributed by atoms with Crippen molar-refractivity contribution in [1.29, 1.82) is 0 Å². The summed E-state index contributed by atoms with van der Waals surface area (Å²) in [6.45, 7) is 2.27. The lowest BCUT2D eigenvalue weighted by Crippen LogP contribution is -2.27.